The molecule has 0 fully saturated rings. The summed E-state index contributed by atoms with van der Waals surface area (Å²) in [5.74, 6) is 1.20. The van der Waals surface area contributed by atoms with Crippen molar-refractivity contribution in [3.63, 3.8) is 0 Å². The Bertz CT molecular complexity index is 987. The number of phenols is 2. The molecule has 188 valence electrons. The number of hydrogen-bond acceptors (Lipinski definition) is 5. The van der Waals surface area contributed by atoms with Crippen LogP contribution >= 0.6 is 0 Å². The Hall–Kier alpha value is -3.08. The first kappa shape index (κ1) is 26.5. The highest BCUT2D eigenvalue weighted by atomic mass is 16.3. The second-order valence-electron chi connectivity index (χ2n) is 9.36. The summed E-state index contributed by atoms with van der Waals surface area (Å²) in [4.78, 5) is 9.54. The van der Waals surface area contributed by atoms with E-state index in [0.717, 1.165) is 41.3 Å². The van der Waals surface area contributed by atoms with Crippen molar-refractivity contribution in [2.75, 3.05) is 11.9 Å². The van der Waals surface area contributed by atoms with E-state index in [1.165, 1.54) is 70.6 Å². The minimum atomic E-state index is 0.223. The van der Waals surface area contributed by atoms with Crippen molar-refractivity contribution in [3.05, 3.63) is 54.7 Å². The smallest absolute Gasteiger partial charge is 0.152 e. The maximum Gasteiger partial charge on any atom is 0.152 e. The summed E-state index contributed by atoms with van der Waals surface area (Å²) >= 11 is 0. The second-order valence-corrected chi connectivity index (χ2v) is 9.36. The molecule has 35 heavy (non-hydrogen) atoms. The first-order valence-corrected chi connectivity index (χ1v) is 13.4. The van der Waals surface area contributed by atoms with Crippen molar-refractivity contribution in [1.82, 2.24) is 9.97 Å². The van der Waals surface area contributed by atoms with Crippen LogP contribution in [0.1, 0.15) is 84.0 Å². The van der Waals surface area contributed by atoms with Gasteiger partial charge in [0.1, 0.15) is 17.2 Å². The molecule has 3 rings (SSSR count). The maximum absolute atomic E-state index is 9.69. The molecule has 5 heteroatoms. The lowest BCUT2D eigenvalue weighted by atomic mass is 10.1. The van der Waals surface area contributed by atoms with E-state index in [1.807, 2.05) is 24.3 Å². The molecule has 5 nitrogen and oxygen atoms in total. The standard InChI is InChI=1S/C30H41N3O2/c1-2-3-4-5-6-7-8-9-10-11-12-13-22-31-30-29(25-16-20-27(35)21-17-25)33-28(23-32-30)24-14-18-26(34)19-15-24/h14-21,23,34-35H,2-13,22H2,1H3,(H,31,32). The highest BCUT2D eigenvalue weighted by Crippen LogP contribution is 2.29. The Kier molecular flexibility index (Phi) is 11.4. The first-order valence-electron chi connectivity index (χ1n) is 13.4. The SMILES string of the molecule is CCCCCCCCCCCCCCNc1ncc(-c2ccc(O)cc2)nc1-c1ccc(O)cc1. The molecule has 1 heterocycles. The fourth-order valence-corrected chi connectivity index (χ4v) is 4.28. The number of unbranched alkanes of at least 4 members (excludes halogenated alkanes) is 11. The van der Waals surface area contributed by atoms with Gasteiger partial charge in [-0.25, -0.2) is 9.97 Å². The summed E-state index contributed by atoms with van der Waals surface area (Å²) in [6.45, 7) is 3.13. The highest BCUT2D eigenvalue weighted by Gasteiger charge is 2.11. The van der Waals surface area contributed by atoms with Crippen LogP contribution in [0.2, 0.25) is 0 Å². The third-order valence-electron chi connectivity index (χ3n) is 6.40. The van der Waals surface area contributed by atoms with Gasteiger partial charge in [-0.05, 0) is 55.0 Å². The molecule has 0 aliphatic rings. The summed E-state index contributed by atoms with van der Waals surface area (Å²) < 4.78 is 0. The minimum Gasteiger partial charge on any atom is -0.508 e. The molecule has 0 spiro atoms. The predicted octanol–water partition coefficient (Wildman–Crippen LogP) is 8.33. The fraction of sp³-hybridized carbons (Fsp3) is 0.467. The molecule has 1 aromatic heterocycles. The number of phenolic OH excluding ortho intramolecular Hbond substituents is 2. The lowest BCUT2D eigenvalue weighted by Gasteiger charge is -2.13. The van der Waals surface area contributed by atoms with Crippen molar-refractivity contribution < 1.29 is 10.2 Å². The average Bonchev–Trinajstić information content (AvgIpc) is 2.88. The summed E-state index contributed by atoms with van der Waals surface area (Å²) in [5.41, 5.74) is 3.29. The van der Waals surface area contributed by atoms with E-state index in [0.29, 0.717) is 0 Å². The molecular weight excluding hydrogens is 434 g/mol. The maximum atomic E-state index is 9.69. The molecule has 0 unspecified atom stereocenters. The van der Waals surface area contributed by atoms with Gasteiger partial charge in [0, 0.05) is 17.7 Å². The molecule has 3 N–H and O–H groups in total. The van der Waals surface area contributed by atoms with E-state index >= 15 is 0 Å². The Labute approximate surface area is 210 Å². The van der Waals surface area contributed by atoms with E-state index in [1.54, 1.807) is 30.5 Å². The zero-order chi connectivity index (χ0) is 24.7. The number of anilines is 1. The molecule has 0 aliphatic carbocycles. The molecule has 3 aromatic rings. The summed E-state index contributed by atoms with van der Waals surface area (Å²) in [6, 6.07) is 14.0. The number of aromatic nitrogens is 2. The van der Waals surface area contributed by atoms with Gasteiger partial charge in [-0.3, -0.25) is 0 Å². The van der Waals surface area contributed by atoms with Crippen molar-refractivity contribution >= 4 is 5.82 Å². The summed E-state index contributed by atoms with van der Waals surface area (Å²) in [5, 5.41) is 22.8. The van der Waals surface area contributed by atoms with Gasteiger partial charge in [-0.15, -0.1) is 0 Å². The van der Waals surface area contributed by atoms with Crippen LogP contribution in [0.4, 0.5) is 5.82 Å². The van der Waals surface area contributed by atoms with Gasteiger partial charge in [0.15, 0.2) is 5.82 Å². The highest BCUT2D eigenvalue weighted by molar-refractivity contribution is 5.74. The topological polar surface area (TPSA) is 78.3 Å². The van der Waals surface area contributed by atoms with Crippen molar-refractivity contribution in [2.45, 2.75) is 84.0 Å². The fourth-order valence-electron chi connectivity index (χ4n) is 4.28. The summed E-state index contributed by atoms with van der Waals surface area (Å²) in [6.07, 6.45) is 17.8. The molecule has 0 amide bonds. The second kappa shape index (κ2) is 15.0. The lowest BCUT2D eigenvalue weighted by Crippen LogP contribution is -2.06. The molecule has 0 atom stereocenters. The largest absolute Gasteiger partial charge is 0.508 e. The monoisotopic (exact) mass is 475 g/mol. The third kappa shape index (κ3) is 9.23. The zero-order valence-electron chi connectivity index (χ0n) is 21.2. The van der Waals surface area contributed by atoms with Gasteiger partial charge in [0.2, 0.25) is 0 Å². The molecule has 0 bridgehead atoms. The number of nitrogens with one attached hydrogen (secondary N) is 1. The predicted molar refractivity (Wildman–Crippen MR) is 146 cm³/mol. The van der Waals surface area contributed by atoms with Crippen molar-refractivity contribution in [2.24, 2.45) is 0 Å². The van der Waals surface area contributed by atoms with Gasteiger partial charge in [0.05, 0.1) is 11.9 Å². The van der Waals surface area contributed by atoms with E-state index in [9.17, 15) is 10.2 Å². The molecule has 0 radical (unpaired) electrons. The Balaban J connectivity index is 1.47. The van der Waals surface area contributed by atoms with Crippen LogP contribution < -0.4 is 5.32 Å². The van der Waals surface area contributed by atoms with Gasteiger partial charge in [-0.1, -0.05) is 77.6 Å². The molecule has 0 saturated carbocycles. The van der Waals surface area contributed by atoms with Gasteiger partial charge >= 0.3 is 0 Å². The first-order chi connectivity index (χ1) is 17.2. The molecular formula is C30H41N3O2. The average molecular weight is 476 g/mol. The Morgan fingerprint density at radius 3 is 1.66 bits per heavy atom. The normalized spacial score (nSPS) is 11.0. The van der Waals surface area contributed by atoms with Crippen LogP contribution in [0.25, 0.3) is 22.5 Å². The molecule has 2 aromatic carbocycles. The van der Waals surface area contributed by atoms with Crippen LogP contribution in [0.5, 0.6) is 11.5 Å². The third-order valence-corrected chi connectivity index (χ3v) is 6.40. The number of hydrogen-bond donors (Lipinski definition) is 3. The molecule has 0 saturated heterocycles. The number of benzene rings is 2. The van der Waals surface area contributed by atoms with Gasteiger partial charge < -0.3 is 15.5 Å². The van der Waals surface area contributed by atoms with Crippen LogP contribution in [-0.2, 0) is 0 Å². The Morgan fingerprint density at radius 2 is 1.11 bits per heavy atom. The number of aromatic hydroxyl groups is 2. The van der Waals surface area contributed by atoms with Crippen molar-refractivity contribution in [3.8, 4) is 34.0 Å². The van der Waals surface area contributed by atoms with Crippen molar-refractivity contribution in [1.29, 1.82) is 0 Å². The zero-order valence-corrected chi connectivity index (χ0v) is 21.2. The van der Waals surface area contributed by atoms with Crippen LogP contribution in [-0.4, -0.2) is 26.7 Å². The van der Waals surface area contributed by atoms with E-state index in [2.05, 4.69) is 17.2 Å². The van der Waals surface area contributed by atoms with Gasteiger partial charge in [-0.2, -0.15) is 0 Å². The minimum absolute atomic E-state index is 0.223. The Morgan fingerprint density at radius 1 is 0.629 bits per heavy atom. The van der Waals surface area contributed by atoms with Gasteiger partial charge in [0.25, 0.3) is 0 Å². The molecule has 0 aliphatic heterocycles. The number of nitrogens with zero attached hydrogens (tertiary/aromatic N) is 2. The van der Waals surface area contributed by atoms with E-state index in [-0.39, 0.29) is 11.5 Å². The number of rotatable bonds is 16. The van der Waals surface area contributed by atoms with Crippen LogP contribution in [0.15, 0.2) is 54.7 Å². The lowest BCUT2D eigenvalue weighted by molar-refractivity contribution is 0.475. The van der Waals surface area contributed by atoms with Crippen LogP contribution in [0.3, 0.4) is 0 Å². The summed E-state index contributed by atoms with van der Waals surface area (Å²) in [7, 11) is 0. The van der Waals surface area contributed by atoms with E-state index in [4.69, 9.17) is 4.98 Å². The quantitative estimate of drug-likeness (QED) is 0.181. The van der Waals surface area contributed by atoms with E-state index < -0.39 is 0 Å². The van der Waals surface area contributed by atoms with Crippen LogP contribution in [0, 0.1) is 0 Å².